The van der Waals surface area contributed by atoms with Gasteiger partial charge in [0, 0.05) is 33.6 Å². The van der Waals surface area contributed by atoms with Crippen LogP contribution in [0.15, 0.2) is 54.6 Å². The molecule has 0 aliphatic rings. The van der Waals surface area contributed by atoms with Gasteiger partial charge in [-0.05, 0) is 68.4 Å². The maximum Gasteiger partial charge on any atom is 0.194 e. The van der Waals surface area contributed by atoms with E-state index in [4.69, 9.17) is 0 Å². The molecule has 3 aromatic rings. The first kappa shape index (κ1) is 17.6. The Balaban J connectivity index is 2.04. The number of pyridine rings is 1. The van der Waals surface area contributed by atoms with Crippen LogP contribution in [-0.4, -0.2) is 16.6 Å². The summed E-state index contributed by atoms with van der Waals surface area (Å²) in [7, 11) is 0. The van der Waals surface area contributed by atoms with Gasteiger partial charge in [0.05, 0.1) is 0 Å². The number of halogens is 2. The van der Waals surface area contributed by atoms with Crippen LogP contribution in [0, 0.1) is 25.5 Å². The molecule has 0 bridgehead atoms. The lowest BCUT2D eigenvalue weighted by Gasteiger charge is -2.11. The van der Waals surface area contributed by atoms with Crippen molar-refractivity contribution >= 4 is 11.6 Å². The Bertz CT molecular complexity index is 915. The summed E-state index contributed by atoms with van der Waals surface area (Å²) in [5, 5.41) is 0. The molecule has 3 nitrogen and oxygen atoms in total. The number of hydrogen-bond donors (Lipinski definition) is 0. The maximum absolute atomic E-state index is 13.1. The molecule has 0 amide bonds. The summed E-state index contributed by atoms with van der Waals surface area (Å²) in [4.78, 5) is 29.8. The van der Waals surface area contributed by atoms with Gasteiger partial charge in [0.2, 0.25) is 0 Å². The topological polar surface area (TPSA) is 47.0 Å². The molecule has 130 valence electrons. The zero-order valence-corrected chi connectivity index (χ0v) is 14.2. The Morgan fingerprint density at radius 2 is 1.04 bits per heavy atom. The number of rotatable bonds is 4. The highest BCUT2D eigenvalue weighted by molar-refractivity contribution is 6.13. The summed E-state index contributed by atoms with van der Waals surface area (Å²) in [5.41, 5.74) is 2.11. The summed E-state index contributed by atoms with van der Waals surface area (Å²) in [6.45, 7) is 3.35. The molecular formula is C21H15F2NO2. The molecule has 0 spiro atoms. The van der Waals surface area contributed by atoms with Crippen molar-refractivity contribution in [3.63, 3.8) is 0 Å². The summed E-state index contributed by atoms with van der Waals surface area (Å²) in [5.74, 6) is -1.56. The second kappa shape index (κ2) is 6.96. The SMILES string of the molecule is Cc1nc(C)c(C(=O)c2ccc(F)cc2)cc1C(=O)c1ccc(F)cc1. The van der Waals surface area contributed by atoms with Crippen LogP contribution in [0.25, 0.3) is 0 Å². The van der Waals surface area contributed by atoms with Crippen LogP contribution in [0.3, 0.4) is 0 Å². The molecule has 0 saturated carbocycles. The van der Waals surface area contributed by atoms with E-state index in [0.717, 1.165) is 0 Å². The lowest BCUT2D eigenvalue weighted by Crippen LogP contribution is -2.12. The molecule has 0 atom stereocenters. The maximum atomic E-state index is 13.1. The molecule has 1 aromatic heterocycles. The molecule has 1 heterocycles. The molecular weight excluding hydrogens is 336 g/mol. The molecule has 0 fully saturated rings. The van der Waals surface area contributed by atoms with E-state index >= 15 is 0 Å². The molecule has 3 rings (SSSR count). The van der Waals surface area contributed by atoms with Crippen LogP contribution in [0.4, 0.5) is 8.78 Å². The number of aromatic nitrogens is 1. The summed E-state index contributed by atoms with van der Waals surface area (Å²) >= 11 is 0. The van der Waals surface area contributed by atoms with E-state index in [-0.39, 0.29) is 22.7 Å². The number of ketones is 2. The number of carbonyl (C=O) groups excluding carboxylic acids is 2. The molecule has 0 saturated heterocycles. The van der Waals surface area contributed by atoms with Crippen LogP contribution in [0.5, 0.6) is 0 Å². The predicted molar refractivity (Wildman–Crippen MR) is 93.4 cm³/mol. The van der Waals surface area contributed by atoms with Crippen molar-refractivity contribution in [3.8, 4) is 0 Å². The van der Waals surface area contributed by atoms with Gasteiger partial charge in [0.25, 0.3) is 0 Å². The Morgan fingerprint density at radius 3 is 1.38 bits per heavy atom. The van der Waals surface area contributed by atoms with Crippen LogP contribution in [0.1, 0.15) is 43.2 Å². The van der Waals surface area contributed by atoms with E-state index in [1.165, 1.54) is 54.6 Å². The molecule has 26 heavy (non-hydrogen) atoms. The fraction of sp³-hybridized carbons (Fsp3) is 0.0952. The predicted octanol–water partition coefficient (Wildman–Crippen LogP) is 4.44. The Hall–Kier alpha value is -3.21. The van der Waals surface area contributed by atoms with Crippen molar-refractivity contribution in [2.75, 3.05) is 0 Å². The smallest absolute Gasteiger partial charge is 0.194 e. The average molecular weight is 351 g/mol. The molecule has 0 N–H and O–H groups in total. The molecule has 2 aromatic carbocycles. The van der Waals surface area contributed by atoms with Crippen LogP contribution >= 0.6 is 0 Å². The van der Waals surface area contributed by atoms with Gasteiger partial charge in [-0.1, -0.05) is 0 Å². The van der Waals surface area contributed by atoms with Gasteiger partial charge in [-0.15, -0.1) is 0 Å². The van der Waals surface area contributed by atoms with Crippen LogP contribution in [0.2, 0.25) is 0 Å². The first-order valence-electron chi connectivity index (χ1n) is 7.95. The lowest BCUT2D eigenvalue weighted by atomic mass is 9.96. The molecule has 0 unspecified atom stereocenters. The van der Waals surface area contributed by atoms with Gasteiger partial charge in [-0.3, -0.25) is 14.6 Å². The van der Waals surface area contributed by atoms with Gasteiger partial charge in [-0.2, -0.15) is 0 Å². The first-order valence-corrected chi connectivity index (χ1v) is 7.95. The van der Waals surface area contributed by atoms with Crippen molar-refractivity contribution < 1.29 is 18.4 Å². The second-order valence-corrected chi connectivity index (χ2v) is 5.93. The van der Waals surface area contributed by atoms with E-state index in [2.05, 4.69) is 4.98 Å². The quantitative estimate of drug-likeness (QED) is 0.653. The van der Waals surface area contributed by atoms with Gasteiger partial charge in [0.15, 0.2) is 11.6 Å². The Labute approximate surface area is 149 Å². The zero-order valence-electron chi connectivity index (χ0n) is 14.2. The monoisotopic (exact) mass is 351 g/mol. The van der Waals surface area contributed by atoms with Gasteiger partial charge >= 0.3 is 0 Å². The largest absolute Gasteiger partial charge is 0.289 e. The normalized spacial score (nSPS) is 10.6. The van der Waals surface area contributed by atoms with E-state index in [1.54, 1.807) is 13.8 Å². The minimum atomic E-state index is -0.438. The summed E-state index contributed by atoms with van der Waals surface area (Å²) in [6, 6.07) is 11.9. The minimum absolute atomic E-state index is 0.271. The second-order valence-electron chi connectivity index (χ2n) is 5.93. The van der Waals surface area contributed by atoms with E-state index in [9.17, 15) is 18.4 Å². The standard InChI is InChI=1S/C21H15F2NO2/c1-12-18(20(25)14-3-7-16(22)8-4-14)11-19(13(2)24-12)21(26)15-5-9-17(23)10-6-15/h3-11H,1-2H3. The molecule has 0 radical (unpaired) electrons. The van der Waals surface area contributed by atoms with Crippen LogP contribution in [-0.2, 0) is 0 Å². The van der Waals surface area contributed by atoms with E-state index in [1.807, 2.05) is 0 Å². The Kier molecular flexibility index (Phi) is 4.71. The van der Waals surface area contributed by atoms with Crippen molar-refractivity contribution in [1.29, 1.82) is 0 Å². The zero-order chi connectivity index (χ0) is 18.8. The van der Waals surface area contributed by atoms with Crippen molar-refractivity contribution in [1.82, 2.24) is 4.98 Å². The van der Waals surface area contributed by atoms with Crippen molar-refractivity contribution in [2.24, 2.45) is 0 Å². The van der Waals surface area contributed by atoms with Gasteiger partial charge in [-0.25, -0.2) is 8.78 Å². The van der Waals surface area contributed by atoms with Crippen molar-refractivity contribution in [3.05, 3.63) is 99.9 Å². The average Bonchev–Trinajstić information content (AvgIpc) is 2.62. The van der Waals surface area contributed by atoms with Gasteiger partial charge in [0.1, 0.15) is 11.6 Å². The van der Waals surface area contributed by atoms with Crippen LogP contribution < -0.4 is 0 Å². The van der Waals surface area contributed by atoms with E-state index in [0.29, 0.717) is 22.5 Å². The third-order valence-corrected chi connectivity index (χ3v) is 4.11. The highest BCUT2D eigenvalue weighted by Gasteiger charge is 2.19. The third-order valence-electron chi connectivity index (χ3n) is 4.11. The molecule has 0 aliphatic heterocycles. The fourth-order valence-electron chi connectivity index (χ4n) is 2.70. The number of benzene rings is 2. The van der Waals surface area contributed by atoms with Crippen molar-refractivity contribution in [2.45, 2.75) is 13.8 Å². The summed E-state index contributed by atoms with van der Waals surface area (Å²) in [6.07, 6.45) is 0. The number of aryl methyl sites for hydroxylation is 2. The highest BCUT2D eigenvalue weighted by atomic mass is 19.1. The number of hydrogen-bond acceptors (Lipinski definition) is 3. The lowest BCUT2D eigenvalue weighted by molar-refractivity contribution is 0.103. The van der Waals surface area contributed by atoms with Gasteiger partial charge < -0.3 is 0 Å². The third kappa shape index (κ3) is 3.42. The summed E-state index contributed by atoms with van der Waals surface area (Å²) < 4.78 is 26.2. The fourth-order valence-corrected chi connectivity index (χ4v) is 2.70. The Morgan fingerprint density at radius 1 is 0.692 bits per heavy atom. The van der Waals surface area contributed by atoms with E-state index < -0.39 is 11.6 Å². The highest BCUT2D eigenvalue weighted by Crippen LogP contribution is 2.20. The number of nitrogens with zero attached hydrogens (tertiary/aromatic N) is 1. The molecule has 0 aliphatic carbocycles. The first-order chi connectivity index (χ1) is 12.4. The minimum Gasteiger partial charge on any atom is -0.289 e. The number of carbonyl (C=O) groups is 2. The molecule has 5 heteroatoms.